The van der Waals surface area contributed by atoms with Crippen molar-refractivity contribution in [3.8, 4) is 0 Å². The van der Waals surface area contributed by atoms with Crippen LogP contribution in [-0.4, -0.2) is 5.71 Å². The molecule has 14 heavy (non-hydrogen) atoms. The van der Waals surface area contributed by atoms with Crippen LogP contribution in [0.1, 0.15) is 27.7 Å². The fourth-order valence-electron chi connectivity index (χ4n) is 0.769. The Morgan fingerprint density at radius 3 is 2.00 bits per heavy atom. The van der Waals surface area contributed by atoms with Crippen LogP contribution in [0.15, 0.2) is 48.6 Å². The number of hydrogen-bond donors (Lipinski definition) is 1. The molecule has 1 N–H and O–H groups in total. The molecule has 0 atom stereocenters. The summed E-state index contributed by atoms with van der Waals surface area (Å²) in [6.07, 6.45) is 10.9. The Morgan fingerprint density at radius 1 is 1.07 bits per heavy atom. The van der Waals surface area contributed by atoms with Crippen LogP contribution in [0, 0.1) is 5.41 Å². The molecule has 0 radical (unpaired) electrons. The normalized spacial score (nSPS) is 15.1. The van der Waals surface area contributed by atoms with Crippen molar-refractivity contribution in [2.45, 2.75) is 27.7 Å². The van der Waals surface area contributed by atoms with Crippen LogP contribution < -0.4 is 0 Å². The quantitative estimate of drug-likeness (QED) is 0.639. The van der Waals surface area contributed by atoms with Crippen molar-refractivity contribution in [1.29, 1.82) is 5.41 Å². The SMILES string of the molecule is C=C/C=C1/C=CC=CC1=N.CC.CC. The summed E-state index contributed by atoms with van der Waals surface area (Å²) < 4.78 is 0. The van der Waals surface area contributed by atoms with Crippen LogP contribution in [0.4, 0.5) is 0 Å². The van der Waals surface area contributed by atoms with Crippen molar-refractivity contribution >= 4 is 5.71 Å². The lowest BCUT2D eigenvalue weighted by molar-refractivity contribution is 1.49. The van der Waals surface area contributed by atoms with Gasteiger partial charge in [0.15, 0.2) is 0 Å². The van der Waals surface area contributed by atoms with Crippen molar-refractivity contribution in [3.63, 3.8) is 0 Å². The molecule has 0 aromatic heterocycles. The van der Waals surface area contributed by atoms with Crippen molar-refractivity contribution < 1.29 is 0 Å². The minimum absolute atomic E-state index is 0.544. The second kappa shape index (κ2) is 11.6. The summed E-state index contributed by atoms with van der Waals surface area (Å²) in [5.74, 6) is 0. The van der Waals surface area contributed by atoms with E-state index in [1.54, 1.807) is 12.2 Å². The van der Waals surface area contributed by atoms with Gasteiger partial charge in [-0.05, 0) is 11.6 Å². The Kier molecular flexibility index (Phi) is 12.6. The van der Waals surface area contributed by atoms with Crippen LogP contribution >= 0.6 is 0 Å². The van der Waals surface area contributed by atoms with Gasteiger partial charge < -0.3 is 5.41 Å². The zero-order valence-electron chi connectivity index (χ0n) is 9.67. The van der Waals surface area contributed by atoms with E-state index in [0.29, 0.717) is 5.71 Å². The van der Waals surface area contributed by atoms with E-state index < -0.39 is 0 Å². The Bertz CT molecular complexity index is 242. The van der Waals surface area contributed by atoms with E-state index in [1.807, 2.05) is 52.0 Å². The van der Waals surface area contributed by atoms with Gasteiger partial charge in [0.1, 0.15) is 0 Å². The lowest BCUT2D eigenvalue weighted by Crippen LogP contribution is -1.96. The number of allylic oxidation sites excluding steroid dienone is 7. The molecule has 0 aromatic rings. The molecule has 1 aliphatic rings. The van der Waals surface area contributed by atoms with Gasteiger partial charge in [-0.15, -0.1) is 0 Å². The topological polar surface area (TPSA) is 23.9 Å². The third-order valence-electron chi connectivity index (χ3n) is 1.26. The predicted molar refractivity (Wildman–Crippen MR) is 67.0 cm³/mol. The lowest BCUT2D eigenvalue weighted by Gasteiger charge is -2.00. The smallest absolute Gasteiger partial charge is 0.0612 e. The van der Waals surface area contributed by atoms with E-state index in [2.05, 4.69) is 6.58 Å². The summed E-state index contributed by atoms with van der Waals surface area (Å²) in [5, 5.41) is 7.40. The number of rotatable bonds is 1. The Labute approximate surface area is 88.1 Å². The Hall–Kier alpha value is -1.37. The molecule has 0 saturated heterocycles. The Morgan fingerprint density at radius 2 is 1.57 bits per heavy atom. The monoisotopic (exact) mass is 191 g/mol. The molecule has 0 unspecified atom stereocenters. The molecular weight excluding hydrogens is 170 g/mol. The van der Waals surface area contributed by atoms with Gasteiger partial charge >= 0.3 is 0 Å². The molecule has 1 heteroatoms. The molecule has 78 valence electrons. The highest BCUT2D eigenvalue weighted by Crippen LogP contribution is 2.05. The summed E-state index contributed by atoms with van der Waals surface area (Å²) in [7, 11) is 0. The van der Waals surface area contributed by atoms with Gasteiger partial charge in [-0.2, -0.15) is 0 Å². The van der Waals surface area contributed by atoms with Crippen LogP contribution in [0.5, 0.6) is 0 Å². The van der Waals surface area contributed by atoms with Crippen LogP contribution in [-0.2, 0) is 0 Å². The maximum atomic E-state index is 7.40. The maximum Gasteiger partial charge on any atom is 0.0612 e. The zero-order chi connectivity index (χ0) is 11.4. The molecule has 1 rings (SSSR count). The van der Waals surface area contributed by atoms with Gasteiger partial charge in [0.05, 0.1) is 5.71 Å². The molecule has 1 nitrogen and oxygen atoms in total. The van der Waals surface area contributed by atoms with Crippen LogP contribution in [0.3, 0.4) is 0 Å². The summed E-state index contributed by atoms with van der Waals surface area (Å²) in [4.78, 5) is 0. The van der Waals surface area contributed by atoms with Gasteiger partial charge in [0, 0.05) is 0 Å². The summed E-state index contributed by atoms with van der Waals surface area (Å²) in [6, 6.07) is 0. The van der Waals surface area contributed by atoms with E-state index in [0.717, 1.165) is 5.57 Å². The molecular formula is C13H21N. The molecule has 1 aliphatic carbocycles. The van der Waals surface area contributed by atoms with E-state index in [4.69, 9.17) is 5.41 Å². The zero-order valence-corrected chi connectivity index (χ0v) is 9.67. The van der Waals surface area contributed by atoms with Gasteiger partial charge in [-0.1, -0.05) is 64.7 Å². The number of nitrogens with one attached hydrogen (secondary N) is 1. The third kappa shape index (κ3) is 6.18. The van der Waals surface area contributed by atoms with Gasteiger partial charge in [-0.3, -0.25) is 0 Å². The number of hydrogen-bond acceptors (Lipinski definition) is 1. The summed E-state index contributed by atoms with van der Waals surface area (Å²) >= 11 is 0. The van der Waals surface area contributed by atoms with Crippen molar-refractivity contribution in [2.75, 3.05) is 0 Å². The third-order valence-corrected chi connectivity index (χ3v) is 1.26. The van der Waals surface area contributed by atoms with Gasteiger partial charge in [0.25, 0.3) is 0 Å². The standard InChI is InChI=1S/C9H9N.2C2H6/c1-2-5-8-6-3-4-7-9(8)10;2*1-2/h2-7,10H,1H2;2*1-2H3/b8-5-,10-9?;;. The minimum Gasteiger partial charge on any atom is -0.300 e. The largest absolute Gasteiger partial charge is 0.300 e. The first kappa shape index (κ1) is 15.1. The molecule has 0 bridgehead atoms. The van der Waals surface area contributed by atoms with Crippen molar-refractivity contribution in [1.82, 2.24) is 0 Å². The molecule has 0 aromatic carbocycles. The maximum absolute atomic E-state index is 7.40. The van der Waals surface area contributed by atoms with Gasteiger partial charge in [0.2, 0.25) is 0 Å². The minimum atomic E-state index is 0.544. The van der Waals surface area contributed by atoms with Crippen LogP contribution in [0.2, 0.25) is 0 Å². The first-order valence-electron chi connectivity index (χ1n) is 5.11. The lowest BCUT2D eigenvalue weighted by atomic mass is 10.1. The van der Waals surface area contributed by atoms with E-state index >= 15 is 0 Å². The van der Waals surface area contributed by atoms with E-state index in [-0.39, 0.29) is 0 Å². The van der Waals surface area contributed by atoms with E-state index in [1.165, 1.54) is 0 Å². The highest BCUT2D eigenvalue weighted by molar-refractivity contribution is 6.09. The van der Waals surface area contributed by atoms with Gasteiger partial charge in [-0.25, -0.2) is 0 Å². The van der Waals surface area contributed by atoms with Crippen LogP contribution in [0.25, 0.3) is 0 Å². The van der Waals surface area contributed by atoms with Crippen molar-refractivity contribution in [3.05, 3.63) is 48.6 Å². The fraction of sp³-hybridized carbons (Fsp3) is 0.308. The highest BCUT2D eigenvalue weighted by Gasteiger charge is 1.97. The average Bonchev–Trinajstić information content (AvgIpc) is 2.28. The average molecular weight is 191 g/mol. The first-order valence-corrected chi connectivity index (χ1v) is 5.11. The van der Waals surface area contributed by atoms with E-state index in [9.17, 15) is 0 Å². The molecule has 0 saturated carbocycles. The first-order chi connectivity index (χ1) is 6.84. The molecule has 0 aliphatic heterocycles. The fourth-order valence-corrected chi connectivity index (χ4v) is 0.769. The second-order valence-electron chi connectivity index (χ2n) is 1.99. The highest BCUT2D eigenvalue weighted by atomic mass is 14.4. The predicted octanol–water partition coefficient (Wildman–Crippen LogP) is 4.30. The van der Waals surface area contributed by atoms with Crippen molar-refractivity contribution in [2.24, 2.45) is 0 Å². The molecule has 0 spiro atoms. The second-order valence-corrected chi connectivity index (χ2v) is 1.99. The Balaban J connectivity index is 0. The molecule has 0 heterocycles. The summed E-state index contributed by atoms with van der Waals surface area (Å²) in [6.45, 7) is 11.6. The molecule has 0 amide bonds. The molecule has 0 fully saturated rings. The summed E-state index contributed by atoms with van der Waals surface area (Å²) in [5.41, 5.74) is 1.46.